The number of rotatable bonds is 10. The van der Waals surface area contributed by atoms with E-state index in [1.807, 2.05) is 0 Å². The van der Waals surface area contributed by atoms with Crippen LogP contribution < -0.4 is 9.57 Å². The second-order valence-corrected chi connectivity index (χ2v) is 13.2. The second-order valence-electron chi connectivity index (χ2n) is 12.0. The minimum Gasteiger partial charge on any atom is -0.480 e. The van der Waals surface area contributed by atoms with Gasteiger partial charge < -0.3 is 29.6 Å². The molecule has 278 valence electrons. The van der Waals surface area contributed by atoms with E-state index in [1.54, 1.807) is 47.6 Å². The Balaban J connectivity index is 0.000000272. The fourth-order valence-electron chi connectivity index (χ4n) is 5.36. The van der Waals surface area contributed by atoms with Gasteiger partial charge in [-0.15, -0.1) is 15.0 Å². The first-order valence-corrected chi connectivity index (χ1v) is 17.1. The van der Waals surface area contributed by atoms with Crippen LogP contribution in [0.2, 0.25) is 0 Å². The van der Waals surface area contributed by atoms with E-state index < -0.39 is 29.9 Å². The molecule has 2 N–H and O–H groups in total. The number of benzene rings is 1. The summed E-state index contributed by atoms with van der Waals surface area (Å²) in [5.41, 5.74) is 0.505. The Hall–Kier alpha value is -5.40. The molecular weight excluding hydrogens is 711 g/mol. The zero-order valence-electron chi connectivity index (χ0n) is 27.7. The quantitative estimate of drug-likeness (QED) is 0.235. The third kappa shape index (κ3) is 11.3. The maximum Gasteiger partial charge on any atom is 0.417 e. The first kappa shape index (κ1) is 37.8. The van der Waals surface area contributed by atoms with Crippen molar-refractivity contribution in [2.75, 3.05) is 32.8 Å². The minimum atomic E-state index is -4.43. The highest BCUT2D eigenvalue weighted by atomic mass is 32.2. The molecule has 5 heterocycles. The fourth-order valence-corrected chi connectivity index (χ4v) is 6.42. The number of piperidine rings is 2. The van der Waals surface area contributed by atoms with Crippen molar-refractivity contribution in [2.24, 2.45) is 5.92 Å². The molecule has 0 spiro atoms. The molecule has 20 heteroatoms. The Morgan fingerprint density at radius 3 is 2.25 bits per heavy atom. The molecule has 2 amide bonds. The number of pyridine rings is 1. The van der Waals surface area contributed by atoms with E-state index in [1.165, 1.54) is 32.3 Å². The van der Waals surface area contributed by atoms with E-state index in [0.717, 1.165) is 30.7 Å². The van der Waals surface area contributed by atoms with Gasteiger partial charge in [0.15, 0.2) is 0 Å². The molecule has 1 aromatic carbocycles. The lowest BCUT2D eigenvalue weighted by Gasteiger charge is -2.30. The maximum absolute atomic E-state index is 12.7. The lowest BCUT2D eigenvalue weighted by molar-refractivity contribution is -0.138. The Kier molecular flexibility index (Phi) is 12.9. The van der Waals surface area contributed by atoms with E-state index in [0.29, 0.717) is 74.6 Å². The molecule has 3 aromatic heterocycles. The number of halogens is 3. The summed E-state index contributed by atoms with van der Waals surface area (Å²) >= 11 is 1.39. The monoisotopic (exact) mass is 747 g/mol. The second kappa shape index (κ2) is 17.7. The van der Waals surface area contributed by atoms with Gasteiger partial charge >= 0.3 is 24.3 Å². The van der Waals surface area contributed by atoms with Crippen molar-refractivity contribution in [3.63, 3.8) is 0 Å². The smallest absolute Gasteiger partial charge is 0.417 e. The van der Waals surface area contributed by atoms with Crippen LogP contribution in [-0.4, -0.2) is 111 Å². The van der Waals surface area contributed by atoms with Crippen LogP contribution in [0.5, 0.6) is 5.75 Å². The van der Waals surface area contributed by atoms with Crippen LogP contribution in [0, 0.1) is 5.92 Å². The van der Waals surface area contributed by atoms with Crippen LogP contribution in [0.25, 0.3) is 0 Å². The van der Waals surface area contributed by atoms with Crippen molar-refractivity contribution in [2.45, 2.75) is 55.2 Å². The zero-order chi connectivity index (χ0) is 37.1. The molecule has 0 atom stereocenters. The summed E-state index contributed by atoms with van der Waals surface area (Å²) in [6, 6.07) is 10.8. The van der Waals surface area contributed by atoms with Crippen molar-refractivity contribution < 1.29 is 47.3 Å². The lowest BCUT2D eigenvalue weighted by Crippen LogP contribution is -2.41. The highest BCUT2D eigenvalue weighted by molar-refractivity contribution is 7.99. The average molecular weight is 748 g/mol. The highest BCUT2D eigenvalue weighted by Crippen LogP contribution is 2.30. The largest absolute Gasteiger partial charge is 0.480 e. The minimum absolute atomic E-state index is 0.130. The van der Waals surface area contributed by atoms with Crippen molar-refractivity contribution in [3.8, 4) is 5.75 Å². The van der Waals surface area contributed by atoms with Crippen molar-refractivity contribution >= 4 is 29.9 Å². The van der Waals surface area contributed by atoms with Gasteiger partial charge in [-0.05, 0) is 77.9 Å². The van der Waals surface area contributed by atoms with Gasteiger partial charge in [0.2, 0.25) is 5.16 Å². The topological polar surface area (TPSA) is 191 Å². The van der Waals surface area contributed by atoms with E-state index in [9.17, 15) is 27.6 Å². The number of amides is 2. The molecule has 2 saturated heterocycles. The number of ether oxygens (including phenoxy) is 1. The Morgan fingerprint density at radius 2 is 1.65 bits per heavy atom. The van der Waals surface area contributed by atoms with Gasteiger partial charge in [0, 0.05) is 49.7 Å². The molecule has 16 nitrogen and oxygen atoms in total. The molecule has 4 aromatic rings. The van der Waals surface area contributed by atoms with Crippen LogP contribution >= 0.6 is 11.8 Å². The summed E-state index contributed by atoms with van der Waals surface area (Å²) < 4.78 is 44.7. The summed E-state index contributed by atoms with van der Waals surface area (Å²) in [7, 11) is 0. The molecule has 0 saturated carbocycles. The van der Waals surface area contributed by atoms with Gasteiger partial charge in [0.05, 0.1) is 18.0 Å². The van der Waals surface area contributed by atoms with Gasteiger partial charge in [-0.1, -0.05) is 23.9 Å². The molecule has 0 aliphatic carbocycles. The fraction of sp³-hybridized carbons (Fsp3) is 0.438. The number of aliphatic carboxylic acids is 1. The summed E-state index contributed by atoms with van der Waals surface area (Å²) in [6.45, 7) is 2.41. The van der Waals surface area contributed by atoms with Crippen LogP contribution in [-0.2, 0) is 23.9 Å². The zero-order valence-corrected chi connectivity index (χ0v) is 28.5. The molecule has 0 unspecified atom stereocenters. The summed E-state index contributed by atoms with van der Waals surface area (Å²) in [5.74, 6) is -0.265. The van der Waals surface area contributed by atoms with Crippen LogP contribution in [0.4, 0.5) is 22.8 Å². The Morgan fingerprint density at radius 1 is 0.942 bits per heavy atom. The number of carboxylic acids is 1. The Bertz CT molecular complexity index is 1740. The number of carboxylic acid groups (broad SMARTS) is 2. The van der Waals surface area contributed by atoms with Gasteiger partial charge in [0.1, 0.15) is 18.9 Å². The van der Waals surface area contributed by atoms with E-state index in [-0.39, 0.29) is 11.8 Å². The number of carbonyl (C=O) groups is 3. The molecular formula is C32H36F3N9O7S. The van der Waals surface area contributed by atoms with Crippen LogP contribution in [0.1, 0.15) is 42.5 Å². The summed E-state index contributed by atoms with van der Waals surface area (Å²) in [5, 5.41) is 33.3. The lowest BCUT2D eigenvalue weighted by atomic mass is 9.98. The number of hydrogen-bond donors (Lipinski definition) is 2. The third-order valence-electron chi connectivity index (χ3n) is 8.23. The number of carbonyl (C=O) groups excluding carboxylic acids is 1. The van der Waals surface area contributed by atoms with E-state index in [2.05, 4.69) is 25.6 Å². The first-order valence-electron chi connectivity index (χ1n) is 16.3. The number of alkyl halides is 3. The van der Waals surface area contributed by atoms with E-state index in [4.69, 9.17) is 19.8 Å². The summed E-state index contributed by atoms with van der Waals surface area (Å²) in [6.07, 6.45) is 1.86. The van der Waals surface area contributed by atoms with Gasteiger partial charge in [-0.2, -0.15) is 13.2 Å². The number of nitrogens with zero attached hydrogens (tertiary/aromatic N) is 9. The van der Waals surface area contributed by atoms with Gasteiger partial charge in [-0.25, -0.2) is 14.3 Å². The normalized spacial score (nSPS) is 15.4. The number of hydrogen-bond acceptors (Lipinski definition) is 11. The standard InChI is InChI=1S/C22H21F3N6O4S.C10H15N3O3/c23-22(24,25)15-3-4-16(26-12-15)11-14-1-5-17(6-2-14)35-21(34)30-9-7-18(8-10-30)36-20-27-28-29-31(20)13-19(32)33;14-10(15)12-6-2-9(3-7-12)8-16-13-5-1-4-11-13/h1-6,12,18H,7-11,13H2,(H,32,33);1,4-5,9H,2-3,6-8H2,(H,14,15). The molecule has 52 heavy (non-hydrogen) atoms. The van der Waals surface area contributed by atoms with Crippen LogP contribution in [0.3, 0.4) is 0 Å². The molecule has 2 aliphatic heterocycles. The third-order valence-corrected chi connectivity index (χ3v) is 9.54. The molecule has 6 rings (SSSR count). The summed E-state index contributed by atoms with van der Waals surface area (Å²) in [4.78, 5) is 47.9. The van der Waals surface area contributed by atoms with Crippen molar-refractivity contribution in [1.82, 2.24) is 44.9 Å². The van der Waals surface area contributed by atoms with Gasteiger partial charge in [0.25, 0.3) is 0 Å². The molecule has 0 radical (unpaired) electrons. The van der Waals surface area contributed by atoms with Crippen LogP contribution in [0.15, 0.2) is 66.2 Å². The predicted molar refractivity (Wildman–Crippen MR) is 176 cm³/mol. The number of likely N-dealkylation sites (tertiary alicyclic amines) is 2. The number of aromatic nitrogens is 7. The average Bonchev–Trinajstić information content (AvgIpc) is 3.81. The van der Waals surface area contributed by atoms with Crippen molar-refractivity contribution in [3.05, 3.63) is 77.9 Å². The highest BCUT2D eigenvalue weighted by Gasteiger charge is 2.31. The Labute approximate surface area is 299 Å². The number of thioether (sulfide) groups is 1. The molecule has 2 fully saturated rings. The first-order chi connectivity index (χ1) is 24.9. The predicted octanol–water partition coefficient (Wildman–Crippen LogP) is 4.22. The maximum atomic E-state index is 12.7. The van der Waals surface area contributed by atoms with Crippen molar-refractivity contribution in [1.29, 1.82) is 0 Å². The molecule has 0 bridgehead atoms. The number of tetrazole rings is 1. The van der Waals surface area contributed by atoms with Gasteiger partial charge in [-0.3, -0.25) is 9.78 Å². The molecule has 2 aliphatic rings. The van der Waals surface area contributed by atoms with E-state index >= 15 is 0 Å². The SMILES string of the molecule is O=C(O)Cn1nnnc1SC1CCN(C(=O)Oc2ccc(Cc3ccc(C(F)(F)F)cn3)cc2)CC1.O=C(O)N1CCC(COn2cccn2)CC1.